The lowest BCUT2D eigenvalue weighted by Crippen LogP contribution is -1.99. The summed E-state index contributed by atoms with van der Waals surface area (Å²) < 4.78 is 6.03. The van der Waals surface area contributed by atoms with Crippen LogP contribution in [0, 0.1) is 10.1 Å². The smallest absolute Gasteiger partial charge is 0.283 e. The molecule has 0 aliphatic heterocycles. The summed E-state index contributed by atoms with van der Waals surface area (Å²) in [7, 11) is 0. The Bertz CT molecular complexity index is 641. The highest BCUT2D eigenvalue weighted by Gasteiger charge is 2.15. The van der Waals surface area contributed by atoms with Gasteiger partial charge in [0.1, 0.15) is 16.8 Å². The van der Waals surface area contributed by atoms with Gasteiger partial charge in [0.2, 0.25) is 0 Å². The molecule has 0 radical (unpaired) electrons. The average Bonchev–Trinajstić information content (AvgIpc) is 2.46. The summed E-state index contributed by atoms with van der Waals surface area (Å²) in [5.41, 5.74) is 1.52. The SMILES string of the molecule is CC(O)c1ccc(OCc2cccc([N+](=O)[O-])c2Br)cc1. The van der Waals surface area contributed by atoms with E-state index in [4.69, 9.17) is 4.74 Å². The maximum Gasteiger partial charge on any atom is 0.283 e. The van der Waals surface area contributed by atoms with Crippen LogP contribution in [0.15, 0.2) is 46.9 Å². The molecule has 0 aromatic heterocycles. The van der Waals surface area contributed by atoms with Crippen LogP contribution in [0.4, 0.5) is 5.69 Å². The number of nitrogens with zero attached hydrogens (tertiary/aromatic N) is 1. The third kappa shape index (κ3) is 3.80. The Morgan fingerprint density at radius 1 is 1.29 bits per heavy atom. The van der Waals surface area contributed by atoms with Gasteiger partial charge in [-0.1, -0.05) is 24.3 Å². The third-order valence-corrected chi connectivity index (χ3v) is 3.93. The van der Waals surface area contributed by atoms with Crippen LogP contribution < -0.4 is 4.74 Å². The van der Waals surface area contributed by atoms with Crippen molar-refractivity contribution in [3.8, 4) is 5.75 Å². The quantitative estimate of drug-likeness (QED) is 0.652. The largest absolute Gasteiger partial charge is 0.489 e. The molecule has 0 heterocycles. The van der Waals surface area contributed by atoms with Crippen LogP contribution in [-0.2, 0) is 6.61 Å². The lowest BCUT2D eigenvalue weighted by atomic mass is 10.1. The fraction of sp³-hybridized carbons (Fsp3) is 0.200. The molecule has 0 saturated heterocycles. The van der Waals surface area contributed by atoms with Gasteiger partial charge in [0.15, 0.2) is 0 Å². The van der Waals surface area contributed by atoms with Crippen LogP contribution in [0.1, 0.15) is 24.2 Å². The average molecular weight is 352 g/mol. The molecule has 0 fully saturated rings. The zero-order valence-electron chi connectivity index (χ0n) is 11.3. The number of halogens is 1. The molecular formula is C15H14BrNO4. The molecule has 1 N–H and O–H groups in total. The predicted molar refractivity (Wildman–Crippen MR) is 82.2 cm³/mol. The van der Waals surface area contributed by atoms with E-state index in [1.165, 1.54) is 6.07 Å². The Morgan fingerprint density at radius 2 is 1.95 bits per heavy atom. The topological polar surface area (TPSA) is 72.6 Å². The molecule has 0 aliphatic rings. The van der Waals surface area contributed by atoms with Crippen molar-refractivity contribution in [1.82, 2.24) is 0 Å². The lowest BCUT2D eigenvalue weighted by Gasteiger charge is -2.09. The molecule has 2 rings (SSSR count). The number of rotatable bonds is 5. The third-order valence-electron chi connectivity index (χ3n) is 3.01. The minimum atomic E-state index is -0.523. The Hall–Kier alpha value is -1.92. The summed E-state index contributed by atoms with van der Waals surface area (Å²) in [6.07, 6.45) is -0.523. The Kier molecular flexibility index (Phi) is 4.93. The van der Waals surface area contributed by atoms with Crippen LogP contribution in [-0.4, -0.2) is 10.0 Å². The molecule has 0 aliphatic carbocycles. The molecular weight excluding hydrogens is 338 g/mol. The summed E-state index contributed by atoms with van der Waals surface area (Å²) in [5.74, 6) is 0.637. The minimum absolute atomic E-state index is 0.0144. The van der Waals surface area contributed by atoms with E-state index in [2.05, 4.69) is 15.9 Å². The van der Waals surface area contributed by atoms with E-state index in [-0.39, 0.29) is 12.3 Å². The summed E-state index contributed by atoms with van der Waals surface area (Å²) in [6.45, 7) is 1.91. The van der Waals surface area contributed by atoms with Crippen molar-refractivity contribution in [2.75, 3.05) is 0 Å². The van der Waals surface area contributed by atoms with Crippen molar-refractivity contribution in [2.24, 2.45) is 0 Å². The Balaban J connectivity index is 2.09. The van der Waals surface area contributed by atoms with Gasteiger partial charge in [-0.05, 0) is 40.5 Å². The second kappa shape index (κ2) is 6.69. The van der Waals surface area contributed by atoms with Gasteiger partial charge in [-0.25, -0.2) is 0 Å². The molecule has 0 amide bonds. The number of benzene rings is 2. The highest BCUT2D eigenvalue weighted by molar-refractivity contribution is 9.10. The molecule has 1 unspecified atom stereocenters. The highest BCUT2D eigenvalue weighted by Crippen LogP contribution is 2.29. The Labute approximate surface area is 130 Å². The predicted octanol–water partition coefficient (Wildman–Crippen LogP) is 3.99. The van der Waals surface area contributed by atoms with Crippen LogP contribution >= 0.6 is 15.9 Å². The van der Waals surface area contributed by atoms with Crippen LogP contribution in [0.25, 0.3) is 0 Å². The zero-order valence-corrected chi connectivity index (χ0v) is 12.9. The lowest BCUT2D eigenvalue weighted by molar-refractivity contribution is -0.385. The first-order valence-electron chi connectivity index (χ1n) is 6.31. The first kappa shape index (κ1) is 15.5. The highest BCUT2D eigenvalue weighted by atomic mass is 79.9. The molecule has 0 spiro atoms. The van der Waals surface area contributed by atoms with E-state index in [0.717, 1.165) is 5.56 Å². The van der Waals surface area contributed by atoms with Crippen LogP contribution in [0.2, 0.25) is 0 Å². The monoisotopic (exact) mass is 351 g/mol. The standard InChI is InChI=1S/C15H14BrNO4/c1-10(18)11-5-7-13(8-6-11)21-9-12-3-2-4-14(15(12)16)17(19)20/h2-8,10,18H,9H2,1H3. The Morgan fingerprint density at radius 3 is 2.52 bits per heavy atom. The van der Waals surface area contributed by atoms with Gasteiger partial charge >= 0.3 is 0 Å². The van der Waals surface area contributed by atoms with Gasteiger partial charge in [-0.2, -0.15) is 0 Å². The van der Waals surface area contributed by atoms with Gasteiger partial charge in [0.05, 0.1) is 11.0 Å². The number of hydrogen-bond acceptors (Lipinski definition) is 4. The van der Waals surface area contributed by atoms with Crippen LogP contribution in [0.5, 0.6) is 5.75 Å². The molecule has 2 aromatic rings. The first-order valence-corrected chi connectivity index (χ1v) is 7.11. The fourth-order valence-corrected chi connectivity index (χ4v) is 2.35. The van der Waals surface area contributed by atoms with Crippen molar-refractivity contribution in [1.29, 1.82) is 0 Å². The number of aliphatic hydroxyl groups is 1. The van der Waals surface area contributed by atoms with E-state index in [0.29, 0.717) is 15.8 Å². The second-order valence-corrected chi connectivity index (χ2v) is 5.33. The number of aliphatic hydroxyl groups excluding tert-OH is 1. The van der Waals surface area contributed by atoms with E-state index in [1.54, 1.807) is 43.3 Å². The second-order valence-electron chi connectivity index (χ2n) is 4.54. The normalized spacial score (nSPS) is 12.0. The molecule has 2 aromatic carbocycles. The maximum atomic E-state index is 10.9. The number of hydrogen-bond donors (Lipinski definition) is 1. The summed E-state index contributed by atoms with van der Waals surface area (Å²) in [6, 6.07) is 11.9. The molecule has 0 saturated carbocycles. The van der Waals surface area contributed by atoms with Crippen molar-refractivity contribution in [2.45, 2.75) is 19.6 Å². The van der Waals surface area contributed by atoms with E-state index >= 15 is 0 Å². The molecule has 0 bridgehead atoms. The summed E-state index contributed by atoms with van der Waals surface area (Å²) in [4.78, 5) is 10.4. The fourth-order valence-electron chi connectivity index (χ4n) is 1.82. The van der Waals surface area contributed by atoms with Gasteiger partial charge in [-0.3, -0.25) is 10.1 Å². The van der Waals surface area contributed by atoms with Crippen molar-refractivity contribution >= 4 is 21.6 Å². The van der Waals surface area contributed by atoms with Crippen molar-refractivity contribution in [3.05, 3.63) is 68.2 Å². The van der Waals surface area contributed by atoms with E-state index < -0.39 is 11.0 Å². The first-order chi connectivity index (χ1) is 9.99. The number of nitro benzene ring substituents is 1. The molecule has 1 atom stereocenters. The van der Waals surface area contributed by atoms with Crippen LogP contribution in [0.3, 0.4) is 0 Å². The van der Waals surface area contributed by atoms with Gasteiger partial charge in [0, 0.05) is 11.6 Å². The number of ether oxygens (including phenoxy) is 1. The minimum Gasteiger partial charge on any atom is -0.489 e. The van der Waals surface area contributed by atoms with Gasteiger partial charge in [0.25, 0.3) is 5.69 Å². The van der Waals surface area contributed by atoms with Crippen molar-refractivity contribution in [3.63, 3.8) is 0 Å². The molecule has 110 valence electrons. The van der Waals surface area contributed by atoms with E-state index in [1.807, 2.05) is 0 Å². The molecule has 5 nitrogen and oxygen atoms in total. The van der Waals surface area contributed by atoms with Crippen molar-refractivity contribution < 1.29 is 14.8 Å². The van der Waals surface area contributed by atoms with Gasteiger partial charge in [-0.15, -0.1) is 0 Å². The molecule has 6 heteroatoms. The number of nitro groups is 1. The maximum absolute atomic E-state index is 10.9. The zero-order chi connectivity index (χ0) is 15.4. The summed E-state index contributed by atoms with van der Waals surface area (Å²) >= 11 is 3.23. The van der Waals surface area contributed by atoms with Gasteiger partial charge < -0.3 is 9.84 Å². The van der Waals surface area contributed by atoms with E-state index in [9.17, 15) is 15.2 Å². The molecule has 21 heavy (non-hydrogen) atoms. The summed E-state index contributed by atoms with van der Waals surface area (Å²) in [5, 5.41) is 20.3.